The number of carboxylic acids is 1. The molecular weight excluding hydrogens is 270 g/mol. The number of carbonyl (C=O) groups is 2. The lowest BCUT2D eigenvalue weighted by Gasteiger charge is -2.11. The Labute approximate surface area is 121 Å². The van der Waals surface area contributed by atoms with Crippen molar-refractivity contribution in [3.05, 3.63) is 58.7 Å². The predicted octanol–water partition coefficient (Wildman–Crippen LogP) is 2.96. The molecule has 0 saturated heterocycles. The van der Waals surface area contributed by atoms with E-state index < -0.39 is 17.6 Å². The standard InChI is InChI=1S/C16H15NO4/c1-9-5-3-6-11(10(9)2)15(19)17-13-8-4-7-12(14(13)18)16(20)21/h3-8,18H,1-2H3,(H,17,19)(H,20,21). The molecule has 108 valence electrons. The number of aromatic carboxylic acids is 1. The highest BCUT2D eigenvalue weighted by Gasteiger charge is 2.16. The molecule has 1 amide bonds. The Bertz CT molecular complexity index is 722. The van der Waals surface area contributed by atoms with Crippen molar-refractivity contribution in [1.82, 2.24) is 0 Å². The minimum Gasteiger partial charge on any atom is -0.505 e. The first kappa shape index (κ1) is 14.6. The Morgan fingerprint density at radius 2 is 1.62 bits per heavy atom. The fourth-order valence-electron chi connectivity index (χ4n) is 2.00. The van der Waals surface area contributed by atoms with Crippen molar-refractivity contribution in [2.45, 2.75) is 13.8 Å². The molecule has 0 heterocycles. The third-order valence-electron chi connectivity index (χ3n) is 3.36. The zero-order chi connectivity index (χ0) is 15.6. The molecule has 0 spiro atoms. The van der Waals surface area contributed by atoms with Crippen LogP contribution in [-0.2, 0) is 0 Å². The molecule has 2 aromatic carbocycles. The number of aromatic hydroxyl groups is 1. The van der Waals surface area contributed by atoms with Crippen LogP contribution >= 0.6 is 0 Å². The number of hydrogen-bond acceptors (Lipinski definition) is 3. The Morgan fingerprint density at radius 3 is 2.29 bits per heavy atom. The van der Waals surface area contributed by atoms with Gasteiger partial charge in [-0.3, -0.25) is 4.79 Å². The molecule has 3 N–H and O–H groups in total. The summed E-state index contributed by atoms with van der Waals surface area (Å²) < 4.78 is 0. The third-order valence-corrected chi connectivity index (χ3v) is 3.36. The summed E-state index contributed by atoms with van der Waals surface area (Å²) in [7, 11) is 0. The van der Waals surface area contributed by atoms with Crippen molar-refractivity contribution >= 4 is 17.6 Å². The lowest BCUT2D eigenvalue weighted by atomic mass is 10.0. The molecule has 0 aliphatic rings. The number of hydrogen-bond donors (Lipinski definition) is 3. The Balaban J connectivity index is 2.34. The monoisotopic (exact) mass is 285 g/mol. The molecule has 0 aromatic heterocycles. The predicted molar refractivity (Wildman–Crippen MR) is 78.9 cm³/mol. The van der Waals surface area contributed by atoms with E-state index in [1.807, 2.05) is 19.9 Å². The fourth-order valence-corrected chi connectivity index (χ4v) is 2.00. The van der Waals surface area contributed by atoms with Crippen molar-refractivity contribution in [2.75, 3.05) is 5.32 Å². The normalized spacial score (nSPS) is 10.2. The van der Waals surface area contributed by atoms with E-state index in [-0.39, 0.29) is 11.3 Å². The first-order valence-corrected chi connectivity index (χ1v) is 6.34. The summed E-state index contributed by atoms with van der Waals surface area (Å²) >= 11 is 0. The number of benzene rings is 2. The van der Waals surface area contributed by atoms with E-state index in [0.717, 1.165) is 11.1 Å². The van der Waals surface area contributed by atoms with Gasteiger partial charge in [-0.05, 0) is 43.2 Å². The molecule has 21 heavy (non-hydrogen) atoms. The van der Waals surface area contributed by atoms with Gasteiger partial charge in [0.25, 0.3) is 5.91 Å². The van der Waals surface area contributed by atoms with Crippen molar-refractivity contribution in [3.8, 4) is 5.75 Å². The highest BCUT2D eigenvalue weighted by molar-refractivity contribution is 6.07. The van der Waals surface area contributed by atoms with Crippen LogP contribution in [0.15, 0.2) is 36.4 Å². The van der Waals surface area contributed by atoms with E-state index in [2.05, 4.69) is 5.32 Å². The Kier molecular flexibility index (Phi) is 3.93. The summed E-state index contributed by atoms with van der Waals surface area (Å²) in [6.07, 6.45) is 0. The number of amides is 1. The Hall–Kier alpha value is -2.82. The summed E-state index contributed by atoms with van der Waals surface area (Å²) in [5, 5.41) is 21.4. The van der Waals surface area contributed by atoms with Crippen LogP contribution in [0.5, 0.6) is 5.75 Å². The van der Waals surface area contributed by atoms with Gasteiger partial charge in [0.15, 0.2) is 5.75 Å². The number of phenols is 1. The van der Waals surface area contributed by atoms with Crippen LogP contribution in [0.25, 0.3) is 0 Å². The molecule has 0 aliphatic carbocycles. The quantitative estimate of drug-likeness (QED) is 0.757. The van der Waals surface area contributed by atoms with E-state index in [1.54, 1.807) is 12.1 Å². The van der Waals surface area contributed by atoms with Crippen LogP contribution in [0.1, 0.15) is 31.8 Å². The molecule has 0 fully saturated rings. The zero-order valence-electron chi connectivity index (χ0n) is 11.7. The van der Waals surface area contributed by atoms with Crippen molar-refractivity contribution in [2.24, 2.45) is 0 Å². The van der Waals surface area contributed by atoms with Crippen molar-refractivity contribution in [1.29, 1.82) is 0 Å². The topological polar surface area (TPSA) is 86.6 Å². The number of anilines is 1. The Morgan fingerprint density at radius 1 is 1.00 bits per heavy atom. The summed E-state index contributed by atoms with van der Waals surface area (Å²) in [6.45, 7) is 3.73. The fraction of sp³-hybridized carbons (Fsp3) is 0.125. The highest BCUT2D eigenvalue weighted by Crippen LogP contribution is 2.28. The van der Waals surface area contributed by atoms with E-state index >= 15 is 0 Å². The van der Waals surface area contributed by atoms with Gasteiger partial charge in [0.1, 0.15) is 5.56 Å². The molecule has 5 nitrogen and oxygen atoms in total. The van der Waals surface area contributed by atoms with E-state index in [0.29, 0.717) is 5.56 Å². The SMILES string of the molecule is Cc1cccc(C(=O)Nc2cccc(C(=O)O)c2O)c1C. The molecule has 0 radical (unpaired) electrons. The molecule has 2 aromatic rings. The molecule has 0 atom stereocenters. The number of aryl methyl sites for hydroxylation is 1. The van der Waals surface area contributed by atoms with Crippen LogP contribution < -0.4 is 5.32 Å². The average molecular weight is 285 g/mol. The first-order valence-electron chi connectivity index (χ1n) is 6.34. The van der Waals surface area contributed by atoms with Gasteiger partial charge in [-0.25, -0.2) is 4.79 Å². The molecule has 2 rings (SSSR count). The minimum absolute atomic E-state index is 0.0702. The molecule has 0 saturated carbocycles. The molecule has 0 aliphatic heterocycles. The summed E-state index contributed by atoms with van der Waals surface area (Å²) in [5.41, 5.74) is 2.11. The van der Waals surface area contributed by atoms with Gasteiger partial charge in [-0.2, -0.15) is 0 Å². The van der Waals surface area contributed by atoms with Gasteiger partial charge in [0.2, 0.25) is 0 Å². The van der Waals surface area contributed by atoms with E-state index in [9.17, 15) is 14.7 Å². The van der Waals surface area contributed by atoms with Gasteiger partial charge in [-0.1, -0.05) is 18.2 Å². The number of nitrogens with one attached hydrogen (secondary N) is 1. The maximum Gasteiger partial charge on any atom is 0.339 e. The largest absolute Gasteiger partial charge is 0.505 e. The van der Waals surface area contributed by atoms with Crippen LogP contribution in [-0.4, -0.2) is 22.1 Å². The highest BCUT2D eigenvalue weighted by atomic mass is 16.4. The lowest BCUT2D eigenvalue weighted by Crippen LogP contribution is -2.14. The number of carboxylic acid groups (broad SMARTS) is 1. The van der Waals surface area contributed by atoms with Gasteiger partial charge >= 0.3 is 5.97 Å². The average Bonchev–Trinajstić information content (AvgIpc) is 2.43. The van der Waals surface area contributed by atoms with E-state index in [4.69, 9.17) is 5.11 Å². The summed E-state index contributed by atoms with van der Waals surface area (Å²) in [6, 6.07) is 9.52. The number of carbonyl (C=O) groups excluding carboxylic acids is 1. The van der Waals surface area contributed by atoms with Crippen LogP contribution in [0.3, 0.4) is 0 Å². The van der Waals surface area contributed by atoms with Gasteiger partial charge in [0.05, 0.1) is 5.69 Å². The van der Waals surface area contributed by atoms with Crippen LogP contribution in [0, 0.1) is 13.8 Å². The molecule has 5 heteroatoms. The molecule has 0 bridgehead atoms. The van der Waals surface area contributed by atoms with Crippen molar-refractivity contribution < 1.29 is 19.8 Å². The summed E-state index contributed by atoms with van der Waals surface area (Å²) in [4.78, 5) is 23.2. The van der Waals surface area contributed by atoms with Crippen LogP contribution in [0.4, 0.5) is 5.69 Å². The second kappa shape index (κ2) is 5.66. The lowest BCUT2D eigenvalue weighted by molar-refractivity contribution is 0.0693. The zero-order valence-corrected chi connectivity index (χ0v) is 11.7. The third kappa shape index (κ3) is 2.86. The maximum absolute atomic E-state index is 12.3. The minimum atomic E-state index is -1.25. The molecule has 0 unspecified atom stereocenters. The van der Waals surface area contributed by atoms with E-state index in [1.165, 1.54) is 18.2 Å². The van der Waals surface area contributed by atoms with Crippen molar-refractivity contribution in [3.63, 3.8) is 0 Å². The number of para-hydroxylation sites is 1. The summed E-state index contributed by atoms with van der Waals surface area (Å²) in [5.74, 6) is -2.10. The van der Waals surface area contributed by atoms with Crippen LogP contribution in [0.2, 0.25) is 0 Å². The second-order valence-corrected chi connectivity index (χ2v) is 4.71. The van der Waals surface area contributed by atoms with Gasteiger partial charge < -0.3 is 15.5 Å². The molecular formula is C16H15NO4. The first-order chi connectivity index (χ1) is 9.91. The van der Waals surface area contributed by atoms with Gasteiger partial charge in [0, 0.05) is 5.56 Å². The smallest absolute Gasteiger partial charge is 0.339 e. The number of rotatable bonds is 3. The second-order valence-electron chi connectivity index (χ2n) is 4.71. The maximum atomic E-state index is 12.3. The van der Waals surface area contributed by atoms with Gasteiger partial charge in [-0.15, -0.1) is 0 Å².